The Kier molecular flexibility index (Phi) is 6.32. The Morgan fingerprint density at radius 1 is 1.50 bits per heavy atom. The van der Waals surface area contributed by atoms with Gasteiger partial charge in [0, 0.05) is 24.5 Å². The largest absolute Gasteiger partial charge is 0.370 e. The number of nitriles is 1. The Morgan fingerprint density at radius 2 is 2.38 bits per heavy atom. The maximum Gasteiger partial charge on any atom is 0.238 e. The lowest BCUT2D eigenvalue weighted by molar-refractivity contribution is -0.129. The van der Waals surface area contributed by atoms with Crippen LogP contribution in [0, 0.1) is 23.8 Å². The van der Waals surface area contributed by atoms with E-state index in [0.717, 1.165) is 31.6 Å². The molecule has 7 nitrogen and oxygen atoms in total. The standard InChI is InChI=1S/C18H22N6OS/c1-20-15-4-5-17(23-9-15)22-8-13-2-3-14(6-13)21-10-18(25)24-12-26-11-16(24)7-19/h4-5,9,13-14,16,21H,2-3,6,8,10-12H2,(H,22,23)/t13?,14?,16-/m1/s1. The van der Waals surface area contributed by atoms with Crippen LogP contribution in [0.5, 0.6) is 0 Å². The molecule has 2 unspecified atom stereocenters. The van der Waals surface area contributed by atoms with Gasteiger partial charge in [0.15, 0.2) is 0 Å². The van der Waals surface area contributed by atoms with Crippen molar-refractivity contribution in [2.24, 2.45) is 5.92 Å². The van der Waals surface area contributed by atoms with Crippen LogP contribution in [0.4, 0.5) is 11.5 Å². The molecule has 1 aromatic heterocycles. The second kappa shape index (κ2) is 8.88. The third-order valence-corrected chi connectivity index (χ3v) is 5.90. The van der Waals surface area contributed by atoms with Gasteiger partial charge in [0.25, 0.3) is 0 Å². The van der Waals surface area contributed by atoms with Crippen LogP contribution in [0.15, 0.2) is 18.3 Å². The van der Waals surface area contributed by atoms with E-state index in [1.165, 1.54) is 0 Å². The van der Waals surface area contributed by atoms with Gasteiger partial charge in [0.1, 0.15) is 11.9 Å². The number of anilines is 1. The van der Waals surface area contributed by atoms with Crippen molar-refractivity contribution in [2.75, 3.05) is 30.0 Å². The molecule has 1 aliphatic heterocycles. The third-order valence-electron chi connectivity index (χ3n) is 4.88. The monoisotopic (exact) mass is 370 g/mol. The summed E-state index contributed by atoms with van der Waals surface area (Å²) in [6, 6.07) is 5.85. The fourth-order valence-electron chi connectivity index (χ4n) is 3.38. The van der Waals surface area contributed by atoms with Crippen molar-refractivity contribution in [3.05, 3.63) is 29.7 Å². The molecule has 8 heteroatoms. The van der Waals surface area contributed by atoms with Crippen LogP contribution in [-0.2, 0) is 4.79 Å². The molecule has 0 radical (unpaired) electrons. The molecule has 2 N–H and O–H groups in total. The summed E-state index contributed by atoms with van der Waals surface area (Å²) in [5.41, 5.74) is 0.542. The van der Waals surface area contributed by atoms with Gasteiger partial charge >= 0.3 is 0 Å². The molecule has 2 fully saturated rings. The average molecular weight is 370 g/mol. The topological polar surface area (TPSA) is 85.4 Å². The van der Waals surface area contributed by atoms with Gasteiger partial charge in [-0.1, -0.05) is 6.07 Å². The molecule has 1 saturated heterocycles. The minimum atomic E-state index is -0.281. The van der Waals surface area contributed by atoms with Crippen LogP contribution in [0.3, 0.4) is 0 Å². The molecule has 26 heavy (non-hydrogen) atoms. The summed E-state index contributed by atoms with van der Waals surface area (Å²) in [5, 5.41) is 15.8. The summed E-state index contributed by atoms with van der Waals surface area (Å²) in [4.78, 5) is 21.5. The minimum Gasteiger partial charge on any atom is -0.370 e. The van der Waals surface area contributed by atoms with Crippen LogP contribution < -0.4 is 10.6 Å². The smallest absolute Gasteiger partial charge is 0.238 e. The van der Waals surface area contributed by atoms with E-state index in [1.807, 2.05) is 6.07 Å². The van der Waals surface area contributed by atoms with Gasteiger partial charge in [-0.3, -0.25) is 9.78 Å². The molecule has 1 aromatic rings. The first-order valence-electron chi connectivity index (χ1n) is 8.77. The van der Waals surface area contributed by atoms with E-state index >= 15 is 0 Å². The number of hydrogen-bond acceptors (Lipinski definition) is 6. The first-order valence-corrected chi connectivity index (χ1v) is 9.92. The predicted octanol–water partition coefficient (Wildman–Crippen LogP) is 2.23. The second-order valence-electron chi connectivity index (χ2n) is 6.66. The molecule has 0 bridgehead atoms. The van der Waals surface area contributed by atoms with Crippen LogP contribution in [-0.4, -0.2) is 52.6 Å². The van der Waals surface area contributed by atoms with Crippen molar-refractivity contribution in [1.82, 2.24) is 15.2 Å². The van der Waals surface area contributed by atoms with Gasteiger partial charge in [-0.05, 0) is 31.2 Å². The number of rotatable bonds is 6. The predicted molar refractivity (Wildman–Crippen MR) is 102 cm³/mol. The SMILES string of the molecule is [C-]#[N+]c1ccc(NCC2CCC(NCC(=O)N3CSC[C@H]3C#N)C2)nc1. The van der Waals surface area contributed by atoms with E-state index < -0.39 is 0 Å². The Labute approximate surface area is 158 Å². The summed E-state index contributed by atoms with van der Waals surface area (Å²) in [6.45, 7) is 8.09. The zero-order valence-corrected chi connectivity index (χ0v) is 15.3. The van der Waals surface area contributed by atoms with Crippen molar-refractivity contribution in [1.29, 1.82) is 5.26 Å². The number of amides is 1. The van der Waals surface area contributed by atoms with Gasteiger partial charge in [-0.15, -0.1) is 11.8 Å². The zero-order valence-electron chi connectivity index (χ0n) is 14.5. The number of nitrogens with zero attached hydrogens (tertiary/aromatic N) is 4. The number of nitrogens with one attached hydrogen (secondary N) is 2. The van der Waals surface area contributed by atoms with Gasteiger partial charge in [0.05, 0.1) is 25.1 Å². The van der Waals surface area contributed by atoms with E-state index in [2.05, 4.69) is 26.5 Å². The fourth-order valence-corrected chi connectivity index (χ4v) is 4.48. The summed E-state index contributed by atoms with van der Waals surface area (Å²) in [7, 11) is 0. The van der Waals surface area contributed by atoms with E-state index in [1.54, 1.807) is 28.9 Å². The van der Waals surface area contributed by atoms with Gasteiger partial charge in [-0.2, -0.15) is 5.26 Å². The van der Waals surface area contributed by atoms with E-state index in [4.69, 9.17) is 11.8 Å². The van der Waals surface area contributed by atoms with Gasteiger partial charge < -0.3 is 15.5 Å². The molecule has 136 valence electrons. The van der Waals surface area contributed by atoms with E-state index in [9.17, 15) is 4.79 Å². The molecule has 2 aliphatic rings. The van der Waals surface area contributed by atoms with Crippen molar-refractivity contribution in [3.63, 3.8) is 0 Å². The normalized spacial score (nSPS) is 24.8. The summed E-state index contributed by atoms with van der Waals surface area (Å²) in [6.07, 6.45) is 4.77. The lowest BCUT2D eigenvalue weighted by atomic mass is 10.1. The molecule has 1 amide bonds. The highest BCUT2D eigenvalue weighted by Crippen LogP contribution is 2.26. The maximum absolute atomic E-state index is 12.3. The highest BCUT2D eigenvalue weighted by atomic mass is 32.2. The average Bonchev–Trinajstić information content (AvgIpc) is 3.34. The molecule has 3 rings (SSSR count). The van der Waals surface area contributed by atoms with Crippen LogP contribution in [0.1, 0.15) is 19.3 Å². The lowest BCUT2D eigenvalue weighted by Gasteiger charge is -2.20. The number of thioether (sulfide) groups is 1. The van der Waals surface area contributed by atoms with Crippen LogP contribution in [0.2, 0.25) is 0 Å². The first kappa shape index (κ1) is 18.5. The molecule has 0 spiro atoms. The zero-order chi connectivity index (χ0) is 18.4. The Balaban J connectivity index is 1.38. The summed E-state index contributed by atoms with van der Waals surface area (Å²) < 4.78 is 0. The number of carbonyl (C=O) groups excluding carboxylic acids is 1. The molecule has 1 aliphatic carbocycles. The number of hydrogen-bond donors (Lipinski definition) is 2. The van der Waals surface area contributed by atoms with E-state index in [0.29, 0.717) is 35.8 Å². The maximum atomic E-state index is 12.3. The quantitative estimate of drug-likeness (QED) is 0.747. The summed E-state index contributed by atoms with van der Waals surface area (Å²) >= 11 is 1.63. The molecule has 1 saturated carbocycles. The Hall–Kier alpha value is -2.29. The molecular formula is C18H22N6OS. The van der Waals surface area contributed by atoms with E-state index in [-0.39, 0.29) is 11.9 Å². The molecular weight excluding hydrogens is 348 g/mol. The first-order chi connectivity index (χ1) is 12.7. The van der Waals surface area contributed by atoms with Crippen LogP contribution >= 0.6 is 11.8 Å². The Morgan fingerprint density at radius 3 is 3.12 bits per heavy atom. The molecule has 0 aromatic carbocycles. The van der Waals surface area contributed by atoms with Gasteiger partial charge in [0.2, 0.25) is 11.6 Å². The second-order valence-corrected chi connectivity index (χ2v) is 7.66. The van der Waals surface area contributed by atoms with Crippen molar-refractivity contribution >= 4 is 29.2 Å². The highest BCUT2D eigenvalue weighted by Gasteiger charge is 2.30. The number of carbonyl (C=O) groups is 1. The fraction of sp³-hybridized carbons (Fsp3) is 0.556. The van der Waals surface area contributed by atoms with Crippen molar-refractivity contribution < 1.29 is 4.79 Å². The van der Waals surface area contributed by atoms with Crippen LogP contribution in [0.25, 0.3) is 4.85 Å². The lowest BCUT2D eigenvalue weighted by Crippen LogP contribution is -2.43. The number of aromatic nitrogens is 1. The highest BCUT2D eigenvalue weighted by molar-refractivity contribution is 7.99. The van der Waals surface area contributed by atoms with Gasteiger partial charge in [-0.25, -0.2) is 4.85 Å². The number of pyridine rings is 1. The van der Waals surface area contributed by atoms with Crippen molar-refractivity contribution in [3.8, 4) is 6.07 Å². The van der Waals surface area contributed by atoms with Crippen molar-refractivity contribution in [2.45, 2.75) is 31.3 Å². The molecule has 3 atom stereocenters. The minimum absolute atomic E-state index is 0.0206. The summed E-state index contributed by atoms with van der Waals surface area (Å²) in [5.74, 6) is 2.68. The third kappa shape index (κ3) is 4.66. The Bertz CT molecular complexity index is 710. The molecule has 2 heterocycles.